The first-order chi connectivity index (χ1) is 11.7. The highest BCUT2D eigenvalue weighted by molar-refractivity contribution is 5.81. The van der Waals surface area contributed by atoms with Gasteiger partial charge in [0.1, 0.15) is 11.6 Å². The summed E-state index contributed by atoms with van der Waals surface area (Å²) < 4.78 is 11.4. The fraction of sp³-hybridized carbons (Fsp3) is 0.529. The third-order valence-corrected chi connectivity index (χ3v) is 4.60. The molecular weight excluding hydrogens is 308 g/mol. The van der Waals surface area contributed by atoms with E-state index >= 15 is 0 Å². The van der Waals surface area contributed by atoms with E-state index in [4.69, 9.17) is 9.15 Å². The number of morpholine rings is 1. The predicted molar refractivity (Wildman–Crippen MR) is 90.1 cm³/mol. The molecule has 7 heteroatoms. The minimum Gasteiger partial charge on any atom is -0.423 e. The Labute approximate surface area is 140 Å². The summed E-state index contributed by atoms with van der Waals surface area (Å²) in [7, 11) is 0. The summed E-state index contributed by atoms with van der Waals surface area (Å²) in [6.07, 6.45) is -0.349. The summed E-state index contributed by atoms with van der Waals surface area (Å²) in [4.78, 5) is 21.0. The first kappa shape index (κ1) is 15.4. The topological polar surface area (TPSA) is 70.8 Å². The molecule has 0 radical (unpaired) electrons. The van der Waals surface area contributed by atoms with Crippen LogP contribution in [0.4, 0.5) is 6.01 Å². The lowest BCUT2D eigenvalue weighted by Crippen LogP contribution is -2.55. The number of ether oxygens (including phenoxy) is 1. The van der Waals surface area contributed by atoms with Crippen molar-refractivity contribution in [3.63, 3.8) is 0 Å². The van der Waals surface area contributed by atoms with E-state index in [1.165, 1.54) is 5.56 Å². The van der Waals surface area contributed by atoms with Gasteiger partial charge >= 0.3 is 0 Å². The molecule has 2 aliphatic rings. The maximum absolute atomic E-state index is 12.5. The molecule has 2 aliphatic heterocycles. The molecule has 1 aromatic heterocycles. The maximum atomic E-state index is 12.5. The Hall–Kier alpha value is -2.12. The lowest BCUT2D eigenvalue weighted by Gasteiger charge is -2.36. The minimum absolute atomic E-state index is 0.0787. The zero-order valence-electron chi connectivity index (χ0n) is 13.8. The van der Waals surface area contributed by atoms with E-state index in [1.54, 1.807) is 0 Å². The second kappa shape index (κ2) is 6.41. The minimum atomic E-state index is -0.349. The Morgan fingerprint density at radius 3 is 2.88 bits per heavy atom. The van der Waals surface area contributed by atoms with Crippen molar-refractivity contribution in [1.82, 2.24) is 15.2 Å². The van der Waals surface area contributed by atoms with Crippen LogP contribution in [-0.4, -0.2) is 67.8 Å². The van der Waals surface area contributed by atoms with Crippen LogP contribution in [0, 0.1) is 6.92 Å². The number of hydrogen-bond donors (Lipinski definition) is 1. The van der Waals surface area contributed by atoms with E-state index in [0.29, 0.717) is 32.3 Å². The number of hydrogen-bond acceptors (Lipinski definition) is 6. The van der Waals surface area contributed by atoms with Gasteiger partial charge in [-0.05, 0) is 24.6 Å². The van der Waals surface area contributed by atoms with Crippen LogP contribution in [-0.2, 0) is 9.53 Å². The number of aromatic nitrogens is 1. The van der Waals surface area contributed by atoms with Crippen molar-refractivity contribution in [2.24, 2.45) is 0 Å². The zero-order chi connectivity index (χ0) is 16.5. The number of carbonyl (C=O) groups excluding carboxylic acids is 1. The Morgan fingerprint density at radius 2 is 2.12 bits per heavy atom. The number of oxazole rings is 1. The van der Waals surface area contributed by atoms with Gasteiger partial charge in [-0.3, -0.25) is 4.79 Å². The van der Waals surface area contributed by atoms with Crippen molar-refractivity contribution >= 4 is 23.0 Å². The lowest BCUT2D eigenvalue weighted by atomic mass is 10.2. The Morgan fingerprint density at radius 1 is 1.29 bits per heavy atom. The van der Waals surface area contributed by atoms with Crippen molar-refractivity contribution in [3.8, 4) is 0 Å². The van der Waals surface area contributed by atoms with E-state index in [-0.39, 0.29) is 12.0 Å². The molecule has 4 rings (SSSR count). The molecule has 2 aromatic rings. The van der Waals surface area contributed by atoms with Gasteiger partial charge in [0.05, 0.1) is 6.61 Å². The quantitative estimate of drug-likeness (QED) is 0.877. The molecule has 0 bridgehead atoms. The van der Waals surface area contributed by atoms with Crippen LogP contribution in [0.1, 0.15) is 5.56 Å². The van der Waals surface area contributed by atoms with Crippen LogP contribution in [0.15, 0.2) is 22.6 Å². The van der Waals surface area contributed by atoms with Crippen LogP contribution in [0.5, 0.6) is 0 Å². The van der Waals surface area contributed by atoms with E-state index in [1.807, 2.05) is 30.0 Å². The van der Waals surface area contributed by atoms with E-state index in [2.05, 4.69) is 15.2 Å². The number of amides is 1. The third kappa shape index (κ3) is 2.97. The molecule has 2 saturated heterocycles. The van der Waals surface area contributed by atoms with Crippen LogP contribution in [0.25, 0.3) is 11.1 Å². The van der Waals surface area contributed by atoms with Gasteiger partial charge in [0, 0.05) is 39.3 Å². The lowest BCUT2D eigenvalue weighted by molar-refractivity contribution is -0.145. The summed E-state index contributed by atoms with van der Waals surface area (Å²) in [6, 6.07) is 6.63. The van der Waals surface area contributed by atoms with Crippen LogP contribution >= 0.6 is 0 Å². The van der Waals surface area contributed by atoms with Gasteiger partial charge in [-0.25, -0.2) is 0 Å². The van der Waals surface area contributed by atoms with Gasteiger partial charge in [0.2, 0.25) is 0 Å². The molecule has 128 valence electrons. The van der Waals surface area contributed by atoms with Gasteiger partial charge in [0.25, 0.3) is 11.9 Å². The number of fused-ring (bicyclic) bond motifs is 1. The van der Waals surface area contributed by atoms with Crippen LogP contribution in [0.3, 0.4) is 0 Å². The Bertz CT molecular complexity index is 731. The summed E-state index contributed by atoms with van der Waals surface area (Å²) in [5.41, 5.74) is 2.85. The molecule has 1 atom stereocenters. The molecular formula is C17H22N4O3. The van der Waals surface area contributed by atoms with Crippen molar-refractivity contribution in [2.45, 2.75) is 13.0 Å². The molecule has 1 N–H and O–H groups in total. The van der Waals surface area contributed by atoms with Crippen molar-refractivity contribution in [2.75, 3.05) is 50.8 Å². The van der Waals surface area contributed by atoms with Crippen molar-refractivity contribution < 1.29 is 13.9 Å². The number of aryl methyl sites for hydroxylation is 1. The number of rotatable bonds is 2. The Kier molecular flexibility index (Phi) is 4.12. The second-order valence-electron chi connectivity index (χ2n) is 6.34. The molecule has 0 spiro atoms. The third-order valence-electron chi connectivity index (χ3n) is 4.60. The first-order valence-electron chi connectivity index (χ1n) is 8.44. The fourth-order valence-corrected chi connectivity index (χ4v) is 3.21. The number of anilines is 1. The predicted octanol–water partition coefficient (Wildman–Crippen LogP) is 0.773. The monoisotopic (exact) mass is 330 g/mol. The standard InChI is InChI=1S/C17H22N4O3/c1-12-2-3-14-13(10-12)19-17(24-14)21-7-5-20(6-8-21)16(22)15-11-18-4-9-23-15/h2-3,10,15,18H,4-9,11H2,1H3. The van der Waals surface area contributed by atoms with Crippen LogP contribution < -0.4 is 10.2 Å². The summed E-state index contributed by atoms with van der Waals surface area (Å²) in [5, 5.41) is 3.20. The molecule has 1 aromatic carbocycles. The fourth-order valence-electron chi connectivity index (χ4n) is 3.21. The average Bonchev–Trinajstić information content (AvgIpc) is 3.05. The summed E-state index contributed by atoms with van der Waals surface area (Å²) in [5.74, 6) is 0.0787. The van der Waals surface area contributed by atoms with Gasteiger partial charge < -0.3 is 24.3 Å². The zero-order valence-corrected chi connectivity index (χ0v) is 13.8. The number of benzene rings is 1. The Balaban J connectivity index is 1.40. The highest BCUT2D eigenvalue weighted by Gasteiger charge is 2.30. The van der Waals surface area contributed by atoms with Crippen molar-refractivity contribution in [3.05, 3.63) is 23.8 Å². The van der Waals surface area contributed by atoms with E-state index < -0.39 is 0 Å². The number of nitrogens with one attached hydrogen (secondary N) is 1. The molecule has 1 amide bonds. The second-order valence-corrected chi connectivity index (χ2v) is 6.34. The van der Waals surface area contributed by atoms with Crippen LogP contribution in [0.2, 0.25) is 0 Å². The summed E-state index contributed by atoms with van der Waals surface area (Å²) >= 11 is 0. The van der Waals surface area contributed by atoms with Crippen molar-refractivity contribution in [1.29, 1.82) is 0 Å². The molecule has 7 nitrogen and oxygen atoms in total. The highest BCUT2D eigenvalue weighted by Crippen LogP contribution is 2.23. The number of carbonyl (C=O) groups is 1. The normalized spacial score (nSPS) is 22.1. The molecule has 24 heavy (non-hydrogen) atoms. The summed E-state index contributed by atoms with van der Waals surface area (Å²) in [6.45, 7) is 6.82. The highest BCUT2D eigenvalue weighted by atomic mass is 16.5. The molecule has 3 heterocycles. The van der Waals surface area contributed by atoms with Gasteiger partial charge in [-0.15, -0.1) is 0 Å². The first-order valence-corrected chi connectivity index (χ1v) is 8.44. The van der Waals surface area contributed by atoms with E-state index in [0.717, 1.165) is 30.7 Å². The SMILES string of the molecule is Cc1ccc2oc(N3CCN(C(=O)C4CNCCO4)CC3)nc2c1. The number of nitrogens with zero attached hydrogens (tertiary/aromatic N) is 3. The largest absolute Gasteiger partial charge is 0.423 e. The number of piperazine rings is 1. The van der Waals surface area contributed by atoms with Gasteiger partial charge in [0.15, 0.2) is 5.58 Å². The molecule has 0 saturated carbocycles. The average molecular weight is 330 g/mol. The van der Waals surface area contributed by atoms with Gasteiger partial charge in [-0.1, -0.05) is 6.07 Å². The molecule has 2 fully saturated rings. The smallest absolute Gasteiger partial charge is 0.298 e. The van der Waals surface area contributed by atoms with Gasteiger partial charge in [-0.2, -0.15) is 4.98 Å². The maximum Gasteiger partial charge on any atom is 0.298 e. The van der Waals surface area contributed by atoms with E-state index in [9.17, 15) is 4.79 Å². The molecule has 0 aliphatic carbocycles. The molecule has 1 unspecified atom stereocenters.